The predicted octanol–water partition coefficient (Wildman–Crippen LogP) is 5.15. The van der Waals surface area contributed by atoms with E-state index in [2.05, 4.69) is 5.32 Å². The summed E-state index contributed by atoms with van der Waals surface area (Å²) in [4.78, 5) is 24.4. The van der Waals surface area contributed by atoms with Crippen molar-refractivity contribution in [1.82, 2.24) is 5.32 Å². The van der Waals surface area contributed by atoms with Gasteiger partial charge in [0, 0.05) is 0 Å². The van der Waals surface area contributed by atoms with Gasteiger partial charge in [-0.3, -0.25) is 0 Å². The number of halogens is 5. The molecule has 0 aliphatic heterocycles. The van der Waals surface area contributed by atoms with Crippen molar-refractivity contribution < 1.29 is 41.0 Å². The summed E-state index contributed by atoms with van der Waals surface area (Å²) in [5, 5.41) is 2.33. The molecule has 1 aromatic carbocycles. The van der Waals surface area contributed by atoms with E-state index in [0.29, 0.717) is 12.1 Å². The van der Waals surface area contributed by atoms with Crippen LogP contribution in [0.4, 0.5) is 26.7 Å². The van der Waals surface area contributed by atoms with Crippen LogP contribution < -0.4 is 5.32 Å². The Kier molecular flexibility index (Phi) is 7.85. The van der Waals surface area contributed by atoms with Crippen LogP contribution in [-0.4, -0.2) is 29.3 Å². The monoisotopic (exact) mass is 439 g/mol. The van der Waals surface area contributed by atoms with Crippen LogP contribution in [0.5, 0.6) is 0 Å². The average molecular weight is 439 g/mol. The minimum Gasteiger partial charge on any atom is -0.458 e. The molecule has 0 aliphatic carbocycles. The molecule has 1 atom stereocenters. The van der Waals surface area contributed by atoms with Gasteiger partial charge in [0.2, 0.25) is 0 Å². The van der Waals surface area contributed by atoms with Crippen LogP contribution in [0, 0.1) is 11.6 Å². The van der Waals surface area contributed by atoms with E-state index in [0.717, 1.165) is 0 Å². The lowest BCUT2D eigenvalue weighted by molar-refractivity contribution is -0.157. The molecule has 1 rings (SSSR count). The number of alkyl carbamates (subject to hydrolysis) is 1. The van der Waals surface area contributed by atoms with Gasteiger partial charge in [-0.05, 0) is 72.1 Å². The lowest BCUT2D eigenvalue weighted by atomic mass is 10.0. The molecule has 30 heavy (non-hydrogen) atoms. The fraction of sp³-hybridized carbons (Fsp3) is 0.600. The number of esters is 1. The first kappa shape index (κ1) is 25.6. The molecule has 5 nitrogen and oxygen atoms in total. The zero-order valence-electron chi connectivity index (χ0n) is 17.7. The largest absolute Gasteiger partial charge is 0.458 e. The average Bonchev–Trinajstić information content (AvgIpc) is 2.45. The number of ether oxygens (including phenoxy) is 2. The maximum absolute atomic E-state index is 13.8. The van der Waals surface area contributed by atoms with Crippen LogP contribution in [-0.2, 0) is 26.9 Å². The smallest absolute Gasteiger partial charge is 0.422 e. The van der Waals surface area contributed by atoms with Crippen LogP contribution in [0.1, 0.15) is 59.1 Å². The summed E-state index contributed by atoms with van der Waals surface area (Å²) in [6.45, 7) is 9.66. The number of nitrogens with one attached hydrogen (secondary N) is 1. The zero-order valence-corrected chi connectivity index (χ0v) is 17.7. The van der Waals surface area contributed by atoms with Gasteiger partial charge in [-0.25, -0.2) is 18.4 Å². The van der Waals surface area contributed by atoms with Gasteiger partial charge < -0.3 is 14.8 Å². The lowest BCUT2D eigenvalue weighted by Crippen LogP contribution is -2.46. The molecule has 0 aliphatic rings. The SMILES string of the molecule is CC(C)(C)OC(=O)NC(CCc1cc(F)c(C(F)(F)F)c(F)c1)C(=O)OC(C)(C)C. The van der Waals surface area contributed by atoms with Gasteiger partial charge in [-0.1, -0.05) is 0 Å². The molecule has 1 aromatic rings. The number of amides is 1. The number of aryl methyl sites for hydroxylation is 1. The quantitative estimate of drug-likeness (QED) is 0.509. The summed E-state index contributed by atoms with van der Waals surface area (Å²) < 4.78 is 75.9. The maximum atomic E-state index is 13.8. The zero-order chi connectivity index (χ0) is 23.5. The van der Waals surface area contributed by atoms with Crippen molar-refractivity contribution in [3.8, 4) is 0 Å². The Balaban J connectivity index is 3.02. The molecule has 0 heterocycles. The van der Waals surface area contributed by atoms with Crippen LogP contribution in [0.2, 0.25) is 0 Å². The van der Waals surface area contributed by atoms with Gasteiger partial charge in [0.15, 0.2) is 0 Å². The van der Waals surface area contributed by atoms with Crippen molar-refractivity contribution in [2.45, 2.75) is 77.8 Å². The molecule has 1 amide bonds. The number of hydrogen-bond acceptors (Lipinski definition) is 4. The molecule has 0 bridgehead atoms. The minimum atomic E-state index is -5.18. The third-order valence-corrected chi connectivity index (χ3v) is 3.49. The predicted molar refractivity (Wildman–Crippen MR) is 98.7 cm³/mol. The van der Waals surface area contributed by atoms with Gasteiger partial charge >= 0.3 is 18.2 Å². The van der Waals surface area contributed by atoms with Crippen molar-refractivity contribution in [1.29, 1.82) is 0 Å². The van der Waals surface area contributed by atoms with Crippen molar-refractivity contribution in [2.75, 3.05) is 0 Å². The van der Waals surface area contributed by atoms with E-state index in [1.165, 1.54) is 0 Å². The van der Waals surface area contributed by atoms with Gasteiger partial charge in [-0.2, -0.15) is 13.2 Å². The highest BCUT2D eigenvalue weighted by molar-refractivity contribution is 5.81. The topological polar surface area (TPSA) is 64.6 Å². The van der Waals surface area contributed by atoms with Gasteiger partial charge in [0.25, 0.3) is 0 Å². The van der Waals surface area contributed by atoms with E-state index in [1.807, 2.05) is 0 Å². The second-order valence-electron chi connectivity index (χ2n) is 8.70. The van der Waals surface area contributed by atoms with Gasteiger partial charge in [-0.15, -0.1) is 0 Å². The first-order valence-corrected chi connectivity index (χ1v) is 9.16. The van der Waals surface area contributed by atoms with Crippen LogP contribution >= 0.6 is 0 Å². The summed E-state index contributed by atoms with van der Waals surface area (Å²) in [6.07, 6.45) is -6.48. The van der Waals surface area contributed by atoms with E-state index in [4.69, 9.17) is 9.47 Å². The second-order valence-corrected chi connectivity index (χ2v) is 8.70. The Morgan fingerprint density at radius 3 is 1.80 bits per heavy atom. The Morgan fingerprint density at radius 2 is 1.40 bits per heavy atom. The van der Waals surface area contributed by atoms with Gasteiger partial charge in [0.1, 0.15) is 34.4 Å². The molecule has 0 fully saturated rings. The summed E-state index contributed by atoms with van der Waals surface area (Å²) in [6, 6.07) is -0.149. The number of hydrogen-bond donors (Lipinski definition) is 1. The number of benzene rings is 1. The number of alkyl halides is 3. The first-order valence-electron chi connectivity index (χ1n) is 9.16. The standard InChI is InChI=1S/C20H26F5NO4/c1-18(2,3)29-16(27)14(26-17(28)30-19(4,5)6)8-7-11-9-12(21)15(13(22)10-11)20(23,24)25/h9-10,14H,7-8H2,1-6H3,(H,26,28). The molecule has 0 saturated heterocycles. The fourth-order valence-corrected chi connectivity index (χ4v) is 2.42. The van der Waals surface area contributed by atoms with Crippen LogP contribution in [0.15, 0.2) is 12.1 Å². The molecular formula is C20H26F5NO4. The normalized spacial score (nSPS) is 13.6. The first-order chi connectivity index (χ1) is 13.4. The summed E-state index contributed by atoms with van der Waals surface area (Å²) in [5.74, 6) is -4.33. The molecular weight excluding hydrogens is 413 g/mol. The van der Waals surface area contributed by atoms with E-state index in [9.17, 15) is 31.5 Å². The molecule has 10 heteroatoms. The molecule has 170 valence electrons. The van der Waals surface area contributed by atoms with Crippen molar-refractivity contribution in [3.63, 3.8) is 0 Å². The van der Waals surface area contributed by atoms with Crippen LogP contribution in [0.25, 0.3) is 0 Å². The van der Waals surface area contributed by atoms with E-state index in [-0.39, 0.29) is 18.4 Å². The van der Waals surface area contributed by atoms with Crippen molar-refractivity contribution in [3.05, 3.63) is 34.9 Å². The summed E-state index contributed by atoms with van der Waals surface area (Å²) >= 11 is 0. The highest BCUT2D eigenvalue weighted by Crippen LogP contribution is 2.34. The summed E-state index contributed by atoms with van der Waals surface area (Å²) in [7, 11) is 0. The van der Waals surface area contributed by atoms with E-state index >= 15 is 0 Å². The van der Waals surface area contributed by atoms with Crippen molar-refractivity contribution >= 4 is 12.1 Å². The fourth-order valence-electron chi connectivity index (χ4n) is 2.42. The molecule has 0 spiro atoms. The number of rotatable bonds is 5. The maximum Gasteiger partial charge on any atom is 0.422 e. The van der Waals surface area contributed by atoms with Gasteiger partial charge in [0.05, 0.1) is 0 Å². The number of carbonyl (C=O) groups excluding carboxylic acids is 2. The molecule has 1 unspecified atom stereocenters. The number of carbonyl (C=O) groups is 2. The highest BCUT2D eigenvalue weighted by Gasteiger charge is 2.38. The highest BCUT2D eigenvalue weighted by atomic mass is 19.4. The molecule has 0 radical (unpaired) electrons. The Bertz CT molecular complexity index is 756. The molecule has 0 saturated carbocycles. The Morgan fingerprint density at radius 1 is 0.933 bits per heavy atom. The summed E-state index contributed by atoms with van der Waals surface area (Å²) in [5.41, 5.74) is -3.82. The van der Waals surface area contributed by atoms with E-state index < -0.39 is 52.7 Å². The minimum absolute atomic E-state index is 0.113. The van der Waals surface area contributed by atoms with Crippen LogP contribution in [0.3, 0.4) is 0 Å². The van der Waals surface area contributed by atoms with E-state index in [1.54, 1.807) is 41.5 Å². The van der Waals surface area contributed by atoms with Crippen molar-refractivity contribution in [2.24, 2.45) is 0 Å². The molecule has 1 N–H and O–H groups in total. The molecule has 0 aromatic heterocycles. The Hall–Kier alpha value is -2.39. The third kappa shape index (κ3) is 8.54. The second kappa shape index (κ2) is 9.18. The lowest BCUT2D eigenvalue weighted by Gasteiger charge is -2.26. The Labute approximate surface area is 171 Å². The third-order valence-electron chi connectivity index (χ3n) is 3.49.